The van der Waals surface area contributed by atoms with E-state index in [1.807, 2.05) is 19.9 Å². The number of hydrogen-bond donors (Lipinski definition) is 3. The van der Waals surface area contributed by atoms with Crippen molar-refractivity contribution >= 4 is 50.8 Å². The van der Waals surface area contributed by atoms with Crippen molar-refractivity contribution in [3.05, 3.63) is 64.1 Å². The smallest absolute Gasteiger partial charge is 0.257 e. The highest BCUT2D eigenvalue weighted by Gasteiger charge is 2.14. The lowest BCUT2D eigenvalue weighted by Crippen LogP contribution is -2.35. The van der Waals surface area contributed by atoms with Crippen molar-refractivity contribution in [3.8, 4) is 0 Å². The molecule has 0 spiro atoms. The maximum absolute atomic E-state index is 12.3. The van der Waals surface area contributed by atoms with Gasteiger partial charge in [0.05, 0.1) is 11.3 Å². The number of nitrogens with one attached hydrogen (secondary N) is 3. The van der Waals surface area contributed by atoms with Crippen molar-refractivity contribution in [1.82, 2.24) is 10.6 Å². The van der Waals surface area contributed by atoms with E-state index in [9.17, 15) is 9.59 Å². The third kappa shape index (κ3) is 5.65. The Hall–Kier alpha value is -2.25. The first-order valence-electron chi connectivity index (χ1n) is 7.64. The molecule has 0 aliphatic carbocycles. The Labute approximate surface area is 160 Å². The molecule has 0 radical (unpaired) electrons. The molecular formula is C18H18BrN3O2S. The molecule has 2 rings (SSSR count). The van der Waals surface area contributed by atoms with Crippen LogP contribution in [0.5, 0.6) is 0 Å². The summed E-state index contributed by atoms with van der Waals surface area (Å²) in [6, 6.07) is 14.0. The van der Waals surface area contributed by atoms with Gasteiger partial charge >= 0.3 is 0 Å². The van der Waals surface area contributed by atoms with E-state index in [1.165, 1.54) is 0 Å². The molecule has 0 bridgehead atoms. The third-order valence-electron chi connectivity index (χ3n) is 3.15. The Morgan fingerprint density at radius 1 is 1.04 bits per heavy atom. The quantitative estimate of drug-likeness (QED) is 0.660. The van der Waals surface area contributed by atoms with Crippen LogP contribution in [0.15, 0.2) is 53.0 Å². The van der Waals surface area contributed by atoms with Gasteiger partial charge in [-0.25, -0.2) is 0 Å². The molecule has 130 valence electrons. The van der Waals surface area contributed by atoms with Crippen LogP contribution in [-0.4, -0.2) is 23.0 Å². The van der Waals surface area contributed by atoms with Gasteiger partial charge < -0.3 is 10.6 Å². The molecule has 2 aromatic rings. The van der Waals surface area contributed by atoms with Crippen LogP contribution in [-0.2, 0) is 0 Å². The van der Waals surface area contributed by atoms with Crippen molar-refractivity contribution in [2.45, 2.75) is 19.9 Å². The van der Waals surface area contributed by atoms with Crippen LogP contribution in [0.4, 0.5) is 5.69 Å². The monoisotopic (exact) mass is 419 g/mol. The molecule has 2 amide bonds. The molecule has 7 heteroatoms. The van der Waals surface area contributed by atoms with Gasteiger partial charge in [0.2, 0.25) is 0 Å². The van der Waals surface area contributed by atoms with Gasteiger partial charge in [-0.2, -0.15) is 0 Å². The molecule has 25 heavy (non-hydrogen) atoms. The van der Waals surface area contributed by atoms with Crippen LogP contribution in [0.1, 0.15) is 34.6 Å². The number of anilines is 1. The fraction of sp³-hybridized carbons (Fsp3) is 0.167. The number of rotatable bonds is 4. The molecular weight excluding hydrogens is 402 g/mol. The largest absolute Gasteiger partial charge is 0.350 e. The minimum absolute atomic E-state index is 0.0173. The predicted molar refractivity (Wildman–Crippen MR) is 107 cm³/mol. The highest BCUT2D eigenvalue weighted by molar-refractivity contribution is 9.10. The summed E-state index contributed by atoms with van der Waals surface area (Å²) in [4.78, 5) is 24.5. The molecule has 0 aromatic heterocycles. The van der Waals surface area contributed by atoms with Gasteiger partial charge in [0.1, 0.15) is 0 Å². The number of hydrogen-bond acceptors (Lipinski definition) is 3. The van der Waals surface area contributed by atoms with Crippen LogP contribution in [0.25, 0.3) is 0 Å². The number of halogens is 1. The summed E-state index contributed by atoms with van der Waals surface area (Å²) in [7, 11) is 0. The zero-order valence-corrected chi connectivity index (χ0v) is 16.2. The van der Waals surface area contributed by atoms with Gasteiger partial charge in [0, 0.05) is 16.1 Å². The SMILES string of the molecule is CC(C)NC(=O)c1ccccc1NC(=S)NC(=O)c1cccc(Br)c1. The maximum atomic E-state index is 12.3. The topological polar surface area (TPSA) is 70.2 Å². The van der Waals surface area contributed by atoms with Gasteiger partial charge in [-0.15, -0.1) is 0 Å². The van der Waals surface area contributed by atoms with E-state index in [1.54, 1.807) is 42.5 Å². The van der Waals surface area contributed by atoms with Gasteiger partial charge in [-0.1, -0.05) is 34.1 Å². The summed E-state index contributed by atoms with van der Waals surface area (Å²) in [6.45, 7) is 3.77. The zero-order chi connectivity index (χ0) is 18.4. The minimum Gasteiger partial charge on any atom is -0.350 e. The van der Waals surface area contributed by atoms with Gasteiger partial charge in [0.25, 0.3) is 11.8 Å². The molecule has 0 heterocycles. The molecule has 2 aromatic carbocycles. The van der Waals surface area contributed by atoms with E-state index in [-0.39, 0.29) is 23.0 Å². The zero-order valence-electron chi connectivity index (χ0n) is 13.8. The van der Waals surface area contributed by atoms with Gasteiger partial charge in [-0.05, 0) is 56.4 Å². The highest BCUT2D eigenvalue weighted by atomic mass is 79.9. The summed E-state index contributed by atoms with van der Waals surface area (Å²) in [5.74, 6) is -0.540. The minimum atomic E-state index is -0.331. The first-order valence-corrected chi connectivity index (χ1v) is 8.84. The highest BCUT2D eigenvalue weighted by Crippen LogP contribution is 2.15. The fourth-order valence-corrected chi connectivity index (χ4v) is 2.69. The molecule has 5 nitrogen and oxygen atoms in total. The lowest BCUT2D eigenvalue weighted by molar-refractivity contribution is 0.0942. The second kappa shape index (κ2) is 8.73. The number of para-hydroxylation sites is 1. The lowest BCUT2D eigenvalue weighted by atomic mass is 10.1. The second-order valence-corrected chi connectivity index (χ2v) is 6.92. The Kier molecular flexibility index (Phi) is 6.66. The average Bonchev–Trinajstić information content (AvgIpc) is 2.54. The van der Waals surface area contributed by atoms with E-state index in [2.05, 4.69) is 31.9 Å². The molecule has 0 unspecified atom stereocenters. The summed E-state index contributed by atoms with van der Waals surface area (Å²) in [6.07, 6.45) is 0. The van der Waals surface area contributed by atoms with Crippen LogP contribution < -0.4 is 16.0 Å². The Morgan fingerprint density at radius 3 is 2.44 bits per heavy atom. The van der Waals surface area contributed by atoms with Crippen molar-refractivity contribution in [3.63, 3.8) is 0 Å². The van der Waals surface area contributed by atoms with E-state index >= 15 is 0 Å². The van der Waals surface area contributed by atoms with Gasteiger partial charge in [-0.3, -0.25) is 14.9 Å². The number of carbonyl (C=O) groups excluding carboxylic acids is 2. The van der Waals surface area contributed by atoms with Crippen molar-refractivity contribution < 1.29 is 9.59 Å². The van der Waals surface area contributed by atoms with E-state index in [0.717, 1.165) is 4.47 Å². The fourth-order valence-electron chi connectivity index (χ4n) is 2.09. The van der Waals surface area contributed by atoms with Crippen LogP contribution in [0, 0.1) is 0 Å². The third-order valence-corrected chi connectivity index (χ3v) is 3.85. The predicted octanol–water partition coefficient (Wildman–Crippen LogP) is 3.71. The lowest BCUT2D eigenvalue weighted by Gasteiger charge is -2.14. The van der Waals surface area contributed by atoms with Crippen molar-refractivity contribution in [2.24, 2.45) is 0 Å². The molecule has 0 saturated heterocycles. The summed E-state index contributed by atoms with van der Waals surface area (Å²) in [5.41, 5.74) is 1.46. The Morgan fingerprint density at radius 2 is 1.76 bits per heavy atom. The number of benzene rings is 2. The van der Waals surface area contributed by atoms with Crippen LogP contribution in [0.3, 0.4) is 0 Å². The molecule has 3 N–H and O–H groups in total. The first-order chi connectivity index (χ1) is 11.9. The standard InChI is InChI=1S/C18H18BrN3O2S/c1-11(2)20-17(24)14-8-3-4-9-15(14)21-18(25)22-16(23)12-6-5-7-13(19)10-12/h3-11H,1-2H3,(H,20,24)(H2,21,22,23,25). The number of carbonyl (C=O) groups is 2. The number of thiocarbonyl (C=S) groups is 1. The van der Waals surface area contributed by atoms with Crippen LogP contribution in [0.2, 0.25) is 0 Å². The molecule has 0 aliphatic heterocycles. The van der Waals surface area contributed by atoms with Crippen LogP contribution >= 0.6 is 28.1 Å². The van der Waals surface area contributed by atoms with E-state index in [0.29, 0.717) is 16.8 Å². The average molecular weight is 420 g/mol. The van der Waals surface area contributed by atoms with E-state index < -0.39 is 0 Å². The normalized spacial score (nSPS) is 10.2. The Balaban J connectivity index is 2.08. The maximum Gasteiger partial charge on any atom is 0.257 e. The summed E-state index contributed by atoms with van der Waals surface area (Å²) >= 11 is 8.52. The van der Waals surface area contributed by atoms with E-state index in [4.69, 9.17) is 12.2 Å². The van der Waals surface area contributed by atoms with Gasteiger partial charge in [0.15, 0.2) is 5.11 Å². The summed E-state index contributed by atoms with van der Waals surface area (Å²) < 4.78 is 0.801. The molecule has 0 aliphatic rings. The molecule has 0 saturated carbocycles. The Bertz CT molecular complexity index is 808. The summed E-state index contributed by atoms with van der Waals surface area (Å²) in [5, 5.41) is 8.47. The molecule has 0 fully saturated rings. The number of amides is 2. The van der Waals surface area contributed by atoms with Crippen molar-refractivity contribution in [2.75, 3.05) is 5.32 Å². The van der Waals surface area contributed by atoms with Crippen molar-refractivity contribution in [1.29, 1.82) is 0 Å². The molecule has 0 atom stereocenters. The first kappa shape index (κ1) is 19.1. The second-order valence-electron chi connectivity index (χ2n) is 5.59.